The molecule has 0 unspecified atom stereocenters. The molecule has 0 amide bonds. The van der Waals surface area contributed by atoms with Gasteiger partial charge >= 0.3 is 0 Å². The maximum absolute atomic E-state index is 13.3. The lowest BCUT2D eigenvalue weighted by molar-refractivity contribution is -0.0000420. The molecule has 1 saturated carbocycles. The lowest BCUT2D eigenvalue weighted by Crippen LogP contribution is -2.33. The highest BCUT2D eigenvalue weighted by Crippen LogP contribution is 2.29. The van der Waals surface area contributed by atoms with Gasteiger partial charge < -0.3 is 9.16 Å². The van der Waals surface area contributed by atoms with Crippen LogP contribution >= 0.6 is 0 Å². The maximum Gasteiger partial charge on any atom is 0.246 e. The van der Waals surface area contributed by atoms with Gasteiger partial charge in [0.1, 0.15) is 5.82 Å². The minimum atomic E-state index is -1.19. The topological polar surface area (TPSA) is 18.5 Å². The van der Waals surface area contributed by atoms with Gasteiger partial charge in [-0.25, -0.2) is 13.2 Å². The molecule has 0 bridgehead atoms. The van der Waals surface area contributed by atoms with E-state index >= 15 is 0 Å². The Labute approximate surface area is 107 Å². The first-order valence-corrected chi connectivity index (χ1v) is 6.04. The summed E-state index contributed by atoms with van der Waals surface area (Å²) in [5.74, 6) is -2.66. The predicted octanol–water partition coefficient (Wildman–Crippen LogP) is 2.50. The molecule has 2 rings (SSSR count). The summed E-state index contributed by atoms with van der Waals surface area (Å²) in [4.78, 5) is 0. The van der Waals surface area contributed by atoms with Crippen molar-refractivity contribution >= 4 is 10.5 Å². The lowest BCUT2D eigenvalue weighted by Gasteiger charge is -2.34. The van der Waals surface area contributed by atoms with Gasteiger partial charge in [0.15, 0.2) is 11.6 Å². The van der Waals surface area contributed by atoms with Crippen LogP contribution in [0.25, 0.3) is 0 Å². The normalized spacial score (nSPS) is 22.9. The Kier molecular flexibility index (Phi) is 4.42. The third-order valence-corrected chi connectivity index (χ3v) is 3.39. The maximum atomic E-state index is 13.3. The summed E-state index contributed by atoms with van der Waals surface area (Å²) in [6.07, 6.45) is 1.96. The summed E-state index contributed by atoms with van der Waals surface area (Å²) in [7, 11) is 2.96. The van der Waals surface area contributed by atoms with Gasteiger partial charge in [-0.2, -0.15) is 0 Å². The Hall–Kier alpha value is -0.853. The Morgan fingerprint density at radius 3 is 2.44 bits per heavy atom. The fourth-order valence-electron chi connectivity index (χ4n) is 1.92. The SMILES string of the molecule is Fc1cc(F)c(COCC2CC(O[Si])C2)cc1F. The third kappa shape index (κ3) is 3.12. The molecule has 0 heterocycles. The molecule has 97 valence electrons. The van der Waals surface area contributed by atoms with Crippen LogP contribution in [0.2, 0.25) is 0 Å². The molecular weight excluding hydrogens is 261 g/mol. The minimum Gasteiger partial charge on any atom is -0.416 e. The van der Waals surface area contributed by atoms with Crippen LogP contribution in [0.1, 0.15) is 18.4 Å². The van der Waals surface area contributed by atoms with Crippen molar-refractivity contribution < 1.29 is 22.3 Å². The molecule has 6 heteroatoms. The van der Waals surface area contributed by atoms with E-state index in [2.05, 4.69) is 10.5 Å². The summed E-state index contributed by atoms with van der Waals surface area (Å²) in [5.41, 5.74) is 0.0288. The molecule has 1 aliphatic rings. The first kappa shape index (κ1) is 13.6. The zero-order valence-corrected chi connectivity index (χ0v) is 10.6. The molecule has 0 atom stereocenters. The van der Waals surface area contributed by atoms with Crippen molar-refractivity contribution in [2.75, 3.05) is 6.61 Å². The second kappa shape index (κ2) is 5.86. The monoisotopic (exact) mass is 273 g/mol. The zero-order valence-electron chi connectivity index (χ0n) is 9.59. The average molecular weight is 273 g/mol. The summed E-state index contributed by atoms with van der Waals surface area (Å²) in [6, 6.07) is 1.36. The minimum absolute atomic E-state index is 0.0288. The molecule has 3 radical (unpaired) electrons. The largest absolute Gasteiger partial charge is 0.416 e. The molecule has 0 saturated heterocycles. The molecule has 18 heavy (non-hydrogen) atoms. The average Bonchev–Trinajstić information content (AvgIpc) is 2.28. The second-order valence-corrected chi connectivity index (χ2v) is 4.69. The van der Waals surface area contributed by atoms with Crippen molar-refractivity contribution in [3.63, 3.8) is 0 Å². The van der Waals surface area contributed by atoms with Crippen molar-refractivity contribution in [3.8, 4) is 0 Å². The van der Waals surface area contributed by atoms with Gasteiger partial charge in [0.05, 0.1) is 13.2 Å². The van der Waals surface area contributed by atoms with Crippen LogP contribution in [0.4, 0.5) is 13.2 Å². The molecule has 1 aromatic carbocycles. The molecule has 1 aromatic rings. The fraction of sp³-hybridized carbons (Fsp3) is 0.500. The highest BCUT2D eigenvalue weighted by Gasteiger charge is 2.28. The Morgan fingerprint density at radius 2 is 1.78 bits per heavy atom. The lowest BCUT2D eigenvalue weighted by atomic mass is 9.83. The van der Waals surface area contributed by atoms with Crippen molar-refractivity contribution in [2.45, 2.75) is 25.6 Å². The Balaban J connectivity index is 1.79. The highest BCUT2D eigenvalue weighted by molar-refractivity contribution is 5.98. The standard InChI is InChI=1S/C12H12F3O2Si/c13-10-4-12(15)11(14)3-8(10)6-16-5-7-1-9(2-7)17-18/h3-4,7,9H,1-2,5-6H2. The van der Waals surface area contributed by atoms with E-state index in [-0.39, 0.29) is 18.3 Å². The molecule has 2 nitrogen and oxygen atoms in total. The van der Waals surface area contributed by atoms with E-state index in [0.29, 0.717) is 18.6 Å². The van der Waals surface area contributed by atoms with E-state index in [0.717, 1.165) is 18.9 Å². The Bertz CT molecular complexity index is 422. The number of ether oxygens (including phenoxy) is 1. The summed E-state index contributed by atoms with van der Waals surface area (Å²) in [6.45, 7) is 0.406. The molecular formula is C12H12F3O2Si. The number of hydrogen-bond acceptors (Lipinski definition) is 2. The first-order chi connectivity index (χ1) is 8.60. The van der Waals surface area contributed by atoms with Crippen LogP contribution in [-0.4, -0.2) is 23.2 Å². The van der Waals surface area contributed by atoms with Crippen LogP contribution in [-0.2, 0) is 15.8 Å². The third-order valence-electron chi connectivity index (χ3n) is 3.06. The van der Waals surface area contributed by atoms with Crippen LogP contribution in [0.15, 0.2) is 12.1 Å². The molecule has 0 spiro atoms. The highest BCUT2D eigenvalue weighted by atomic mass is 28.2. The van der Waals surface area contributed by atoms with Crippen LogP contribution in [0.3, 0.4) is 0 Å². The van der Waals surface area contributed by atoms with E-state index in [1.54, 1.807) is 0 Å². The summed E-state index contributed by atoms with van der Waals surface area (Å²) in [5, 5.41) is 0. The van der Waals surface area contributed by atoms with Gasteiger partial charge in [0.2, 0.25) is 10.5 Å². The molecule has 1 fully saturated rings. The van der Waals surface area contributed by atoms with Crippen LogP contribution < -0.4 is 0 Å². The van der Waals surface area contributed by atoms with E-state index in [4.69, 9.17) is 9.16 Å². The van der Waals surface area contributed by atoms with Gasteiger partial charge in [-0.3, -0.25) is 0 Å². The van der Waals surface area contributed by atoms with E-state index in [1.165, 1.54) is 0 Å². The van der Waals surface area contributed by atoms with E-state index < -0.39 is 17.5 Å². The second-order valence-electron chi connectivity index (χ2n) is 4.45. The number of hydrogen-bond donors (Lipinski definition) is 0. The van der Waals surface area contributed by atoms with Gasteiger partial charge in [-0.15, -0.1) is 0 Å². The number of rotatable bonds is 5. The van der Waals surface area contributed by atoms with Crippen molar-refractivity contribution in [3.05, 3.63) is 35.1 Å². The molecule has 0 aliphatic heterocycles. The summed E-state index contributed by atoms with van der Waals surface area (Å²) < 4.78 is 49.1. The van der Waals surface area contributed by atoms with Crippen LogP contribution in [0, 0.1) is 23.4 Å². The van der Waals surface area contributed by atoms with Crippen LogP contribution in [0.5, 0.6) is 0 Å². The predicted molar refractivity (Wildman–Crippen MR) is 59.3 cm³/mol. The van der Waals surface area contributed by atoms with Crippen molar-refractivity contribution in [2.24, 2.45) is 5.92 Å². The van der Waals surface area contributed by atoms with E-state index in [9.17, 15) is 13.2 Å². The number of halogens is 3. The fourth-order valence-corrected chi connectivity index (χ4v) is 2.11. The Morgan fingerprint density at radius 1 is 1.11 bits per heavy atom. The zero-order chi connectivity index (χ0) is 13.1. The quantitative estimate of drug-likeness (QED) is 0.606. The van der Waals surface area contributed by atoms with Gasteiger partial charge in [-0.05, 0) is 24.8 Å². The van der Waals surface area contributed by atoms with E-state index in [1.807, 2.05) is 0 Å². The summed E-state index contributed by atoms with van der Waals surface area (Å²) >= 11 is 0. The van der Waals surface area contributed by atoms with Crippen molar-refractivity contribution in [1.82, 2.24) is 0 Å². The van der Waals surface area contributed by atoms with Crippen molar-refractivity contribution in [1.29, 1.82) is 0 Å². The molecule has 0 aromatic heterocycles. The van der Waals surface area contributed by atoms with Gasteiger partial charge in [-0.1, -0.05) is 0 Å². The first-order valence-electron chi connectivity index (χ1n) is 5.63. The molecule has 0 N–H and O–H groups in total. The molecule has 1 aliphatic carbocycles. The van der Waals surface area contributed by atoms with Gasteiger partial charge in [0, 0.05) is 17.7 Å². The number of benzene rings is 1. The van der Waals surface area contributed by atoms with Gasteiger partial charge in [0.25, 0.3) is 0 Å². The smallest absolute Gasteiger partial charge is 0.246 e.